The molecule has 1 fully saturated rings. The van der Waals surface area contributed by atoms with Crippen LogP contribution in [-0.2, 0) is 25.7 Å². The van der Waals surface area contributed by atoms with Gasteiger partial charge in [0.2, 0.25) is 0 Å². The molecule has 7 nitrogen and oxygen atoms in total. The second kappa shape index (κ2) is 12.9. The van der Waals surface area contributed by atoms with Gasteiger partial charge in [-0.3, -0.25) is 4.79 Å². The summed E-state index contributed by atoms with van der Waals surface area (Å²) in [7, 11) is 1.29. The lowest BCUT2D eigenvalue weighted by molar-refractivity contribution is -0.935. The molecule has 1 unspecified atom stereocenters. The number of anilines is 1. The monoisotopic (exact) mass is 515 g/mol. The smallest absolute Gasteiger partial charge is 0.362 e. The van der Waals surface area contributed by atoms with E-state index in [4.69, 9.17) is 21.1 Å². The van der Waals surface area contributed by atoms with Gasteiger partial charge in [-0.25, -0.2) is 9.59 Å². The standard InChI is InChI=1S/C28H35ClN2O5/c1-4-24(27(33)30-26-20(2)16-22(29)17-23(26)28(34)35-3)31(14-10-5-6-11-15-31)18-25(32)36-19-21-12-8-7-9-13-21/h7-9,12-13,16-17,24H,4-6,10-11,14-15,18-19H2,1-3H3/p+1. The quantitative estimate of drug-likeness (QED) is 0.362. The van der Waals surface area contributed by atoms with E-state index in [0.29, 0.717) is 27.2 Å². The van der Waals surface area contributed by atoms with Gasteiger partial charge in [0.1, 0.15) is 6.61 Å². The van der Waals surface area contributed by atoms with Gasteiger partial charge in [-0.1, -0.05) is 48.9 Å². The number of methoxy groups -OCH3 is 1. The Kier molecular flexibility index (Phi) is 9.90. The summed E-state index contributed by atoms with van der Waals surface area (Å²) in [5.41, 5.74) is 2.17. The number of esters is 2. The molecule has 3 rings (SSSR count). The highest BCUT2D eigenvalue weighted by Gasteiger charge is 2.43. The molecule has 0 aliphatic carbocycles. The average molecular weight is 516 g/mol. The van der Waals surface area contributed by atoms with Gasteiger partial charge in [0.25, 0.3) is 5.91 Å². The van der Waals surface area contributed by atoms with Gasteiger partial charge in [0.05, 0.1) is 31.5 Å². The second-order valence-electron chi connectivity index (χ2n) is 9.43. The van der Waals surface area contributed by atoms with Crippen LogP contribution in [0, 0.1) is 6.92 Å². The zero-order valence-electron chi connectivity index (χ0n) is 21.3. The maximum absolute atomic E-state index is 13.8. The lowest BCUT2D eigenvalue weighted by Gasteiger charge is -2.42. The van der Waals surface area contributed by atoms with E-state index in [0.717, 1.165) is 44.3 Å². The predicted octanol–water partition coefficient (Wildman–Crippen LogP) is 5.29. The minimum atomic E-state index is -0.577. The Labute approximate surface area is 218 Å². The molecule has 0 radical (unpaired) electrons. The van der Waals surface area contributed by atoms with Crippen molar-refractivity contribution in [2.75, 3.05) is 32.1 Å². The zero-order chi connectivity index (χ0) is 26.1. The van der Waals surface area contributed by atoms with Gasteiger partial charge in [-0.15, -0.1) is 0 Å². The first kappa shape index (κ1) is 27.7. The number of carbonyl (C=O) groups excluding carboxylic acids is 3. The molecule has 1 saturated heterocycles. The molecule has 1 heterocycles. The molecule has 1 aliphatic rings. The van der Waals surface area contributed by atoms with Gasteiger partial charge in [0.15, 0.2) is 12.6 Å². The maximum atomic E-state index is 13.8. The van der Waals surface area contributed by atoms with Gasteiger partial charge < -0.3 is 19.3 Å². The van der Waals surface area contributed by atoms with Crippen molar-refractivity contribution >= 4 is 35.1 Å². The number of nitrogens with zero attached hydrogens (tertiary/aromatic N) is 1. The highest BCUT2D eigenvalue weighted by Crippen LogP contribution is 2.29. The summed E-state index contributed by atoms with van der Waals surface area (Å²) in [4.78, 5) is 39.2. The van der Waals surface area contributed by atoms with Gasteiger partial charge in [0, 0.05) is 11.4 Å². The van der Waals surface area contributed by atoms with E-state index in [2.05, 4.69) is 5.32 Å². The number of benzene rings is 2. The predicted molar refractivity (Wildman–Crippen MR) is 140 cm³/mol. The Hall–Kier alpha value is -2.90. The summed E-state index contributed by atoms with van der Waals surface area (Å²) < 4.78 is 10.9. The number of hydrogen-bond acceptors (Lipinski definition) is 5. The Morgan fingerprint density at radius 1 is 1.06 bits per heavy atom. The summed E-state index contributed by atoms with van der Waals surface area (Å²) in [6.07, 6.45) is 4.55. The zero-order valence-corrected chi connectivity index (χ0v) is 22.1. The molecule has 0 aromatic heterocycles. The van der Waals surface area contributed by atoms with Crippen LogP contribution in [0.3, 0.4) is 0 Å². The van der Waals surface area contributed by atoms with Crippen LogP contribution in [0.4, 0.5) is 5.69 Å². The lowest BCUT2D eigenvalue weighted by Crippen LogP contribution is -2.62. The molecule has 1 aliphatic heterocycles. The number of nitrogens with one attached hydrogen (secondary N) is 1. The molecular formula is C28H36ClN2O5+. The topological polar surface area (TPSA) is 81.7 Å². The molecule has 1 amide bonds. The second-order valence-corrected chi connectivity index (χ2v) is 9.87. The van der Waals surface area contributed by atoms with Gasteiger partial charge in [-0.05, 0) is 55.9 Å². The molecule has 8 heteroatoms. The van der Waals surface area contributed by atoms with Crippen molar-refractivity contribution in [3.05, 3.63) is 64.2 Å². The van der Waals surface area contributed by atoms with Crippen LogP contribution in [0.1, 0.15) is 60.5 Å². The Morgan fingerprint density at radius 3 is 2.33 bits per heavy atom. The summed E-state index contributed by atoms with van der Waals surface area (Å²) in [5.74, 6) is -1.12. The Morgan fingerprint density at radius 2 is 1.72 bits per heavy atom. The van der Waals surface area contributed by atoms with Crippen LogP contribution in [0.25, 0.3) is 0 Å². The summed E-state index contributed by atoms with van der Waals surface area (Å²) in [6, 6.07) is 12.3. The summed E-state index contributed by atoms with van der Waals surface area (Å²) >= 11 is 6.17. The molecule has 0 bridgehead atoms. The fourth-order valence-electron chi connectivity index (χ4n) is 5.15. The van der Waals surface area contributed by atoms with E-state index in [1.807, 2.05) is 37.3 Å². The van der Waals surface area contributed by atoms with Crippen LogP contribution >= 0.6 is 11.6 Å². The number of aryl methyl sites for hydroxylation is 1. The molecule has 1 atom stereocenters. The van der Waals surface area contributed by atoms with Crippen LogP contribution in [0.5, 0.6) is 0 Å². The highest BCUT2D eigenvalue weighted by molar-refractivity contribution is 6.31. The maximum Gasteiger partial charge on any atom is 0.362 e. The third kappa shape index (κ3) is 6.86. The van der Waals surface area contributed by atoms with Crippen molar-refractivity contribution in [1.29, 1.82) is 0 Å². The van der Waals surface area contributed by atoms with Crippen molar-refractivity contribution < 1.29 is 28.3 Å². The third-order valence-corrected chi connectivity index (χ3v) is 7.17. The number of likely N-dealkylation sites (tertiary alicyclic amines) is 1. The first-order valence-electron chi connectivity index (χ1n) is 12.5. The van der Waals surface area contributed by atoms with Crippen LogP contribution < -0.4 is 5.32 Å². The fourth-order valence-corrected chi connectivity index (χ4v) is 5.42. The number of halogens is 1. The fraction of sp³-hybridized carbons (Fsp3) is 0.464. The molecule has 194 valence electrons. The highest BCUT2D eigenvalue weighted by atomic mass is 35.5. The Balaban J connectivity index is 1.85. The minimum Gasteiger partial charge on any atom is -0.465 e. The molecule has 2 aromatic rings. The van der Waals surface area contributed by atoms with Crippen molar-refractivity contribution in [3.63, 3.8) is 0 Å². The first-order chi connectivity index (χ1) is 17.3. The molecular weight excluding hydrogens is 480 g/mol. The molecule has 2 aromatic carbocycles. The van der Waals surface area contributed by atoms with Crippen LogP contribution in [0.2, 0.25) is 5.02 Å². The summed E-state index contributed by atoms with van der Waals surface area (Å²) in [6.45, 7) is 5.51. The molecule has 1 N–H and O–H groups in total. The van der Waals surface area contributed by atoms with E-state index in [9.17, 15) is 14.4 Å². The largest absolute Gasteiger partial charge is 0.465 e. The van der Waals surface area contributed by atoms with Crippen molar-refractivity contribution in [2.45, 2.75) is 58.6 Å². The SMILES string of the molecule is CCC(C(=O)Nc1c(C)cc(Cl)cc1C(=O)OC)[N+]1(CC(=O)OCc2ccccc2)CCCCCC1. The van der Waals surface area contributed by atoms with E-state index < -0.39 is 12.0 Å². The van der Waals surface area contributed by atoms with E-state index in [1.54, 1.807) is 13.0 Å². The number of hydrogen-bond donors (Lipinski definition) is 1. The van der Waals surface area contributed by atoms with E-state index in [1.165, 1.54) is 13.2 Å². The number of amides is 1. The molecule has 36 heavy (non-hydrogen) atoms. The number of ether oxygens (including phenoxy) is 2. The minimum absolute atomic E-state index is 0.127. The third-order valence-electron chi connectivity index (χ3n) is 6.95. The first-order valence-corrected chi connectivity index (χ1v) is 12.9. The number of rotatable bonds is 9. The normalized spacial score (nSPS) is 15.9. The molecule has 0 saturated carbocycles. The van der Waals surface area contributed by atoms with Gasteiger partial charge >= 0.3 is 11.9 Å². The number of carbonyl (C=O) groups is 3. The van der Waals surface area contributed by atoms with Crippen molar-refractivity contribution in [2.24, 2.45) is 0 Å². The van der Waals surface area contributed by atoms with Gasteiger partial charge in [-0.2, -0.15) is 0 Å². The summed E-state index contributed by atoms with van der Waals surface area (Å²) in [5, 5.41) is 3.36. The van der Waals surface area contributed by atoms with Crippen LogP contribution in [0.15, 0.2) is 42.5 Å². The number of quaternary nitrogens is 1. The van der Waals surface area contributed by atoms with Crippen molar-refractivity contribution in [3.8, 4) is 0 Å². The Bertz CT molecular complexity index is 1070. The van der Waals surface area contributed by atoms with E-state index >= 15 is 0 Å². The van der Waals surface area contributed by atoms with Crippen LogP contribution in [-0.4, -0.2) is 55.1 Å². The van der Waals surface area contributed by atoms with Crippen molar-refractivity contribution in [1.82, 2.24) is 0 Å². The lowest BCUT2D eigenvalue weighted by atomic mass is 10.0. The molecule has 0 spiro atoms. The van der Waals surface area contributed by atoms with E-state index in [-0.39, 0.29) is 30.6 Å². The average Bonchev–Trinajstić information content (AvgIpc) is 3.10.